The zero-order chi connectivity index (χ0) is 6.24. The van der Waals surface area contributed by atoms with Gasteiger partial charge in [-0.2, -0.15) is 0 Å². The van der Waals surface area contributed by atoms with Gasteiger partial charge in [-0.05, 0) is 6.42 Å². The molecule has 0 aliphatic heterocycles. The van der Waals surface area contributed by atoms with Gasteiger partial charge in [-0.25, -0.2) is 0 Å². The summed E-state index contributed by atoms with van der Waals surface area (Å²) in [7, 11) is 0. The van der Waals surface area contributed by atoms with Crippen molar-refractivity contribution in [2.24, 2.45) is 0 Å². The predicted molar refractivity (Wildman–Crippen MR) is 46.1 cm³/mol. The Balaban J connectivity index is 0. The van der Waals surface area contributed by atoms with Crippen molar-refractivity contribution in [3.8, 4) is 0 Å². The van der Waals surface area contributed by atoms with Gasteiger partial charge in [-0.1, -0.05) is 44.6 Å². The summed E-state index contributed by atoms with van der Waals surface area (Å²) in [5, 5.41) is 0. The third kappa shape index (κ3) is 11.4. The third-order valence-electron chi connectivity index (χ3n) is 0.997. The van der Waals surface area contributed by atoms with E-state index < -0.39 is 0 Å². The van der Waals surface area contributed by atoms with Crippen molar-refractivity contribution in [2.45, 2.75) is 26.2 Å². The largest absolute Gasteiger partial charge is 0.147 e. The van der Waals surface area contributed by atoms with Crippen molar-refractivity contribution in [1.82, 2.24) is 0 Å². The summed E-state index contributed by atoms with van der Waals surface area (Å²) in [6.07, 6.45) is 9.73. The number of rotatable bonds is 4. The molecule has 0 bridgehead atoms. The van der Waals surface area contributed by atoms with Crippen molar-refractivity contribution in [3.63, 3.8) is 0 Å². The maximum atomic E-state index is 3.57. The molecule has 0 aromatic carbocycles. The van der Waals surface area contributed by atoms with Gasteiger partial charge in [-0.3, -0.25) is 0 Å². The molecule has 0 saturated carbocycles. The fraction of sp³-hybridized carbons (Fsp3) is 0.500. The van der Waals surface area contributed by atoms with Crippen LogP contribution in [0.25, 0.3) is 0 Å². The Morgan fingerprint density at radius 1 is 1.44 bits per heavy atom. The fourth-order valence-corrected chi connectivity index (χ4v) is 0.514. The first-order valence-corrected chi connectivity index (χ1v) is 3.19. The highest BCUT2D eigenvalue weighted by Crippen LogP contribution is 1.93. The molecule has 54 valence electrons. The highest BCUT2D eigenvalue weighted by Gasteiger charge is 1.73. The van der Waals surface area contributed by atoms with E-state index in [4.69, 9.17) is 0 Å². The average Bonchev–Trinajstić information content (AvgIpc) is 1.81. The van der Waals surface area contributed by atoms with Crippen LogP contribution in [0.4, 0.5) is 0 Å². The molecule has 0 N–H and O–H groups in total. The van der Waals surface area contributed by atoms with E-state index >= 15 is 0 Å². The van der Waals surface area contributed by atoms with Crippen LogP contribution in [-0.4, -0.2) is 0 Å². The van der Waals surface area contributed by atoms with Crippen LogP contribution in [0.5, 0.6) is 0 Å². The Morgan fingerprint density at radius 2 is 2.11 bits per heavy atom. The van der Waals surface area contributed by atoms with Crippen molar-refractivity contribution < 1.29 is 0 Å². The maximum Gasteiger partial charge on any atom is -0.0348 e. The Bertz CT molecular complexity index is 74.6. The molecule has 0 spiro atoms. The van der Waals surface area contributed by atoms with E-state index in [0.717, 1.165) is 0 Å². The number of unbranched alkanes of at least 4 members (excludes halogenated alkanes) is 2. The van der Waals surface area contributed by atoms with Crippen molar-refractivity contribution in [1.29, 1.82) is 0 Å². The quantitative estimate of drug-likeness (QED) is 0.422. The molecule has 0 atom stereocenters. The fourth-order valence-electron chi connectivity index (χ4n) is 0.514. The summed E-state index contributed by atoms with van der Waals surface area (Å²) in [5.74, 6) is 0. The van der Waals surface area contributed by atoms with Crippen molar-refractivity contribution in [2.75, 3.05) is 0 Å². The molecule has 0 rings (SSSR count). The summed E-state index contributed by atoms with van der Waals surface area (Å²) in [6.45, 7) is 5.77. The molecule has 0 aromatic heterocycles. The lowest BCUT2D eigenvalue weighted by Crippen LogP contribution is -1.64. The molecule has 0 aliphatic rings. The van der Waals surface area contributed by atoms with E-state index in [1.165, 1.54) is 19.3 Å². The Labute approximate surface area is 64.1 Å². The molecule has 0 aromatic rings. The van der Waals surface area contributed by atoms with E-state index in [1.54, 1.807) is 0 Å². The van der Waals surface area contributed by atoms with Gasteiger partial charge < -0.3 is 0 Å². The van der Waals surface area contributed by atoms with Gasteiger partial charge in [-0.15, -0.1) is 12.4 Å². The second-order valence-electron chi connectivity index (χ2n) is 1.81. The zero-order valence-electron chi connectivity index (χ0n) is 5.97. The zero-order valence-corrected chi connectivity index (χ0v) is 6.79. The summed E-state index contributed by atoms with van der Waals surface area (Å²) in [6, 6.07) is 0. The van der Waals surface area contributed by atoms with E-state index in [9.17, 15) is 0 Å². The summed E-state index contributed by atoms with van der Waals surface area (Å²) in [4.78, 5) is 0. The van der Waals surface area contributed by atoms with Crippen molar-refractivity contribution in [3.05, 3.63) is 24.8 Å². The van der Waals surface area contributed by atoms with E-state index in [2.05, 4.69) is 19.6 Å². The first-order valence-electron chi connectivity index (χ1n) is 3.19. The van der Waals surface area contributed by atoms with Gasteiger partial charge in [0, 0.05) is 0 Å². The third-order valence-corrected chi connectivity index (χ3v) is 0.997. The summed E-state index contributed by atoms with van der Waals surface area (Å²) < 4.78 is 0. The van der Waals surface area contributed by atoms with Crippen LogP contribution in [0.3, 0.4) is 0 Å². The monoisotopic (exact) mass is 146 g/mol. The maximum absolute atomic E-state index is 3.57. The van der Waals surface area contributed by atoms with Gasteiger partial charge in [0.2, 0.25) is 0 Å². The lowest BCUT2D eigenvalue weighted by Gasteiger charge is -1.84. The van der Waals surface area contributed by atoms with Gasteiger partial charge >= 0.3 is 0 Å². The minimum atomic E-state index is 0. The molecule has 9 heavy (non-hydrogen) atoms. The van der Waals surface area contributed by atoms with E-state index in [-0.39, 0.29) is 12.4 Å². The molecular weight excluding hydrogens is 132 g/mol. The normalized spacial score (nSPS) is 9.00. The first kappa shape index (κ1) is 11.6. The van der Waals surface area contributed by atoms with E-state index in [0.29, 0.717) is 0 Å². The predicted octanol–water partition coefficient (Wildman–Crippen LogP) is 3.34. The highest BCUT2D eigenvalue weighted by atomic mass is 35.5. The molecule has 0 aliphatic carbocycles. The molecule has 0 fully saturated rings. The standard InChI is InChI=1S/C8H14.ClH/c1-3-5-7-8-6-4-2;/h3,5,7H,1,4,6,8H2,2H3;1H/b7-5+;. The van der Waals surface area contributed by atoms with Crippen LogP contribution in [-0.2, 0) is 0 Å². The summed E-state index contributed by atoms with van der Waals surface area (Å²) >= 11 is 0. The number of allylic oxidation sites excluding steroid dienone is 3. The average molecular weight is 147 g/mol. The van der Waals surface area contributed by atoms with Crippen molar-refractivity contribution >= 4 is 12.4 Å². The van der Waals surface area contributed by atoms with E-state index in [1.807, 2.05) is 12.2 Å². The minimum Gasteiger partial charge on any atom is -0.147 e. The first-order chi connectivity index (χ1) is 3.91. The Morgan fingerprint density at radius 3 is 2.56 bits per heavy atom. The molecular formula is C8H15Cl. The van der Waals surface area contributed by atoms with Crippen LogP contribution < -0.4 is 0 Å². The Kier molecular flexibility index (Phi) is 13.7. The van der Waals surface area contributed by atoms with Crippen LogP contribution in [0, 0.1) is 0 Å². The van der Waals surface area contributed by atoms with Gasteiger partial charge in [0.15, 0.2) is 0 Å². The smallest absolute Gasteiger partial charge is 0.0348 e. The van der Waals surface area contributed by atoms with Gasteiger partial charge in [0.25, 0.3) is 0 Å². The van der Waals surface area contributed by atoms with Gasteiger partial charge in [0.1, 0.15) is 0 Å². The molecule has 0 nitrogen and oxygen atoms in total. The number of halogens is 1. The molecule has 1 heteroatoms. The second kappa shape index (κ2) is 10.7. The number of hydrogen-bond donors (Lipinski definition) is 0. The van der Waals surface area contributed by atoms with Crippen LogP contribution in [0.1, 0.15) is 26.2 Å². The van der Waals surface area contributed by atoms with Gasteiger partial charge in [0.05, 0.1) is 0 Å². The lowest BCUT2D eigenvalue weighted by molar-refractivity contribution is 0.815. The molecule has 0 saturated heterocycles. The Hall–Kier alpha value is -0.230. The minimum absolute atomic E-state index is 0. The number of hydrogen-bond acceptors (Lipinski definition) is 0. The topological polar surface area (TPSA) is 0 Å². The highest BCUT2D eigenvalue weighted by molar-refractivity contribution is 5.85. The molecule has 0 heterocycles. The molecule has 0 unspecified atom stereocenters. The second-order valence-corrected chi connectivity index (χ2v) is 1.81. The lowest BCUT2D eigenvalue weighted by atomic mass is 10.2. The van der Waals surface area contributed by atoms with Crippen LogP contribution in [0.2, 0.25) is 0 Å². The SMILES string of the molecule is C=C/C=C/CCCC.Cl. The summed E-state index contributed by atoms with van der Waals surface area (Å²) in [5.41, 5.74) is 0. The molecule has 0 amide bonds. The van der Waals surface area contributed by atoms with Crippen LogP contribution >= 0.6 is 12.4 Å². The van der Waals surface area contributed by atoms with Crippen LogP contribution in [0.15, 0.2) is 24.8 Å². The molecule has 0 radical (unpaired) electrons.